The van der Waals surface area contributed by atoms with Crippen molar-refractivity contribution in [1.82, 2.24) is 30.3 Å². The van der Waals surface area contributed by atoms with Gasteiger partial charge in [-0.1, -0.05) is 0 Å². The van der Waals surface area contributed by atoms with E-state index < -0.39 is 5.41 Å². The molecule has 4 heterocycles. The van der Waals surface area contributed by atoms with E-state index in [1.807, 2.05) is 17.8 Å². The van der Waals surface area contributed by atoms with Gasteiger partial charge in [-0.25, -0.2) is 4.98 Å². The first-order chi connectivity index (χ1) is 13.1. The fourth-order valence-electron chi connectivity index (χ4n) is 4.01. The maximum atomic E-state index is 9.84. The summed E-state index contributed by atoms with van der Waals surface area (Å²) < 4.78 is 7.85. The topological polar surface area (TPSA) is 104 Å². The van der Waals surface area contributed by atoms with Crippen LogP contribution in [-0.2, 0) is 17.2 Å². The molecule has 138 valence electrons. The Hall–Kier alpha value is -2.76. The van der Waals surface area contributed by atoms with Gasteiger partial charge < -0.3 is 10.1 Å². The Kier molecular flexibility index (Phi) is 3.57. The molecular formula is C19H21N7O. The number of pyridine rings is 1. The minimum atomic E-state index is -0.447. The van der Waals surface area contributed by atoms with E-state index in [9.17, 15) is 5.26 Å². The molecule has 0 spiro atoms. The lowest BCUT2D eigenvalue weighted by atomic mass is 9.93. The number of fused-ring (bicyclic) bond motifs is 1. The third kappa shape index (κ3) is 2.46. The average molecular weight is 363 g/mol. The standard InChI is InChI=1S/C19H21N7O/c1-11-18(27-8-7-21-11)14-9-12(19(10-20)4-5-19)17-16(23-14)15(25-26(17)2)13-3-6-22-24-13/h3,6,9,11,18,21H,4-5,7-8H2,1-2H3,(H,22,24)/t11?,18-/m1/s1. The lowest BCUT2D eigenvalue weighted by Crippen LogP contribution is -2.41. The van der Waals surface area contributed by atoms with Crippen LogP contribution in [0.4, 0.5) is 0 Å². The number of H-pyrrole nitrogens is 1. The molecule has 2 fully saturated rings. The van der Waals surface area contributed by atoms with Gasteiger partial charge in [0.05, 0.1) is 29.3 Å². The molecule has 0 bridgehead atoms. The van der Waals surface area contributed by atoms with Gasteiger partial charge in [0.15, 0.2) is 0 Å². The van der Waals surface area contributed by atoms with Crippen molar-refractivity contribution in [3.05, 3.63) is 29.6 Å². The highest BCUT2D eigenvalue weighted by molar-refractivity contribution is 5.92. The number of aryl methyl sites for hydroxylation is 1. The molecule has 8 nitrogen and oxygen atoms in total. The fraction of sp³-hybridized carbons (Fsp3) is 0.474. The number of hydrogen-bond donors (Lipinski definition) is 2. The van der Waals surface area contributed by atoms with Crippen LogP contribution in [0.15, 0.2) is 18.3 Å². The van der Waals surface area contributed by atoms with E-state index in [0.29, 0.717) is 6.61 Å². The van der Waals surface area contributed by atoms with Gasteiger partial charge in [0.1, 0.15) is 23.0 Å². The average Bonchev–Trinajstić information content (AvgIpc) is 3.15. The molecule has 1 aliphatic heterocycles. The first-order valence-corrected chi connectivity index (χ1v) is 9.27. The van der Waals surface area contributed by atoms with E-state index in [2.05, 4.69) is 39.7 Å². The molecule has 2 aliphatic rings. The number of aromatic nitrogens is 5. The Labute approximate surface area is 156 Å². The Bertz CT molecular complexity index is 1040. The van der Waals surface area contributed by atoms with Crippen LogP contribution < -0.4 is 5.32 Å². The number of hydrogen-bond acceptors (Lipinski definition) is 6. The first kappa shape index (κ1) is 16.4. The zero-order valence-corrected chi connectivity index (χ0v) is 15.4. The fourth-order valence-corrected chi connectivity index (χ4v) is 4.01. The quantitative estimate of drug-likeness (QED) is 0.737. The van der Waals surface area contributed by atoms with E-state index in [0.717, 1.165) is 53.1 Å². The summed E-state index contributed by atoms with van der Waals surface area (Å²) in [6, 6.07) is 6.62. The summed E-state index contributed by atoms with van der Waals surface area (Å²) in [6.07, 6.45) is 3.35. The molecule has 8 heteroatoms. The van der Waals surface area contributed by atoms with Crippen LogP contribution in [0.3, 0.4) is 0 Å². The monoisotopic (exact) mass is 363 g/mol. The molecule has 0 amide bonds. The number of aromatic amines is 1. The molecule has 3 aromatic rings. The van der Waals surface area contributed by atoms with Crippen molar-refractivity contribution in [2.75, 3.05) is 13.2 Å². The Morgan fingerprint density at radius 3 is 2.93 bits per heavy atom. The molecule has 1 aliphatic carbocycles. The van der Waals surface area contributed by atoms with Crippen LogP contribution >= 0.6 is 0 Å². The Morgan fingerprint density at radius 1 is 1.41 bits per heavy atom. The maximum Gasteiger partial charge on any atom is 0.139 e. The van der Waals surface area contributed by atoms with Gasteiger partial charge in [0, 0.05) is 31.4 Å². The van der Waals surface area contributed by atoms with Crippen LogP contribution in [0.2, 0.25) is 0 Å². The minimum absolute atomic E-state index is 0.149. The number of rotatable bonds is 3. The van der Waals surface area contributed by atoms with Gasteiger partial charge in [-0.15, -0.1) is 0 Å². The number of nitrogens with one attached hydrogen (secondary N) is 2. The molecule has 1 unspecified atom stereocenters. The summed E-state index contributed by atoms with van der Waals surface area (Å²) in [7, 11) is 1.90. The smallest absolute Gasteiger partial charge is 0.139 e. The van der Waals surface area contributed by atoms with Gasteiger partial charge in [-0.05, 0) is 31.9 Å². The van der Waals surface area contributed by atoms with E-state index in [-0.39, 0.29) is 12.1 Å². The second kappa shape index (κ2) is 5.87. The van der Waals surface area contributed by atoms with Crippen LogP contribution in [0.5, 0.6) is 0 Å². The summed E-state index contributed by atoms with van der Waals surface area (Å²) in [5.41, 5.74) is 4.56. The van der Waals surface area contributed by atoms with Crippen molar-refractivity contribution in [1.29, 1.82) is 5.26 Å². The van der Waals surface area contributed by atoms with Crippen LogP contribution in [0.25, 0.3) is 22.4 Å². The molecule has 2 atom stereocenters. The normalized spacial score (nSPS) is 24.0. The second-order valence-electron chi connectivity index (χ2n) is 7.45. The molecule has 2 N–H and O–H groups in total. The third-order valence-corrected chi connectivity index (χ3v) is 5.64. The highest BCUT2D eigenvalue weighted by Gasteiger charge is 2.47. The number of ether oxygens (including phenoxy) is 1. The van der Waals surface area contributed by atoms with E-state index in [1.54, 1.807) is 6.20 Å². The number of nitrogens with zero attached hydrogens (tertiary/aromatic N) is 5. The Morgan fingerprint density at radius 2 is 2.26 bits per heavy atom. The predicted octanol–water partition coefficient (Wildman–Crippen LogP) is 1.96. The van der Waals surface area contributed by atoms with Crippen LogP contribution in [0, 0.1) is 11.3 Å². The molecule has 3 aromatic heterocycles. The number of morpholine rings is 1. The van der Waals surface area contributed by atoms with E-state index in [1.165, 1.54) is 0 Å². The van der Waals surface area contributed by atoms with Crippen molar-refractivity contribution in [2.45, 2.75) is 37.3 Å². The molecule has 5 rings (SSSR count). The SMILES string of the molecule is CC1NCCO[C@H]1c1cc(C2(C#N)CC2)c2c(n1)c(-c1cc[nH]n1)nn2C. The Balaban J connectivity index is 1.78. The summed E-state index contributed by atoms with van der Waals surface area (Å²) in [5.74, 6) is 0. The van der Waals surface area contributed by atoms with Crippen molar-refractivity contribution in [3.63, 3.8) is 0 Å². The largest absolute Gasteiger partial charge is 0.369 e. The summed E-state index contributed by atoms with van der Waals surface area (Å²) in [5, 5.41) is 25.1. The van der Waals surface area contributed by atoms with Crippen molar-refractivity contribution in [2.24, 2.45) is 7.05 Å². The van der Waals surface area contributed by atoms with Gasteiger partial charge in [-0.2, -0.15) is 15.5 Å². The molecular weight excluding hydrogens is 342 g/mol. The van der Waals surface area contributed by atoms with Gasteiger partial charge >= 0.3 is 0 Å². The first-order valence-electron chi connectivity index (χ1n) is 9.27. The lowest BCUT2D eigenvalue weighted by molar-refractivity contribution is -0.00267. The summed E-state index contributed by atoms with van der Waals surface area (Å²) >= 11 is 0. The maximum absolute atomic E-state index is 9.84. The van der Waals surface area contributed by atoms with Crippen molar-refractivity contribution >= 4 is 11.0 Å². The summed E-state index contributed by atoms with van der Waals surface area (Å²) in [6.45, 7) is 3.58. The molecule has 27 heavy (non-hydrogen) atoms. The van der Waals surface area contributed by atoms with Gasteiger partial charge in [-0.3, -0.25) is 9.78 Å². The highest BCUT2D eigenvalue weighted by Crippen LogP contribution is 2.50. The summed E-state index contributed by atoms with van der Waals surface area (Å²) in [4.78, 5) is 4.95. The van der Waals surface area contributed by atoms with Gasteiger partial charge in [0.25, 0.3) is 0 Å². The van der Waals surface area contributed by atoms with E-state index >= 15 is 0 Å². The van der Waals surface area contributed by atoms with Crippen LogP contribution in [-0.4, -0.2) is 44.2 Å². The zero-order chi connectivity index (χ0) is 18.6. The molecule has 1 saturated heterocycles. The predicted molar refractivity (Wildman–Crippen MR) is 98.8 cm³/mol. The molecule has 1 saturated carbocycles. The molecule has 0 aromatic carbocycles. The third-order valence-electron chi connectivity index (χ3n) is 5.64. The molecule has 0 radical (unpaired) electrons. The second-order valence-corrected chi connectivity index (χ2v) is 7.45. The zero-order valence-electron chi connectivity index (χ0n) is 15.4. The van der Waals surface area contributed by atoms with E-state index in [4.69, 9.17) is 9.72 Å². The lowest BCUT2D eigenvalue weighted by Gasteiger charge is -2.30. The van der Waals surface area contributed by atoms with Crippen molar-refractivity contribution < 1.29 is 4.74 Å². The number of nitriles is 1. The highest BCUT2D eigenvalue weighted by atomic mass is 16.5. The van der Waals surface area contributed by atoms with Crippen LogP contribution in [0.1, 0.15) is 37.1 Å². The van der Waals surface area contributed by atoms with Crippen molar-refractivity contribution in [3.8, 4) is 17.5 Å². The minimum Gasteiger partial charge on any atom is -0.369 e. The van der Waals surface area contributed by atoms with Gasteiger partial charge in [0.2, 0.25) is 0 Å².